The predicted molar refractivity (Wildman–Crippen MR) is 91.5 cm³/mol. The number of benzene rings is 1. The van der Waals surface area contributed by atoms with Crippen molar-refractivity contribution in [3.63, 3.8) is 0 Å². The zero-order chi connectivity index (χ0) is 17.3. The Morgan fingerprint density at radius 1 is 1.12 bits per heavy atom. The summed E-state index contributed by atoms with van der Waals surface area (Å²) in [5.74, 6) is -0.419. The van der Waals surface area contributed by atoms with Crippen LogP contribution in [0, 0.1) is 0 Å². The predicted octanol–water partition coefficient (Wildman–Crippen LogP) is 0.418. The van der Waals surface area contributed by atoms with Crippen molar-refractivity contribution < 1.29 is 27.4 Å². The number of rotatable bonds is 10. The van der Waals surface area contributed by atoms with E-state index < -0.39 is 16.0 Å². The third kappa shape index (κ3) is 6.62. The zero-order valence-electron chi connectivity index (χ0n) is 13.8. The Bertz CT molecular complexity index is 624. The lowest BCUT2D eigenvalue weighted by Crippen LogP contribution is -2.33. The molecule has 10 heteroatoms. The van der Waals surface area contributed by atoms with E-state index >= 15 is 0 Å². The van der Waals surface area contributed by atoms with E-state index in [4.69, 9.17) is 9.47 Å². The van der Waals surface area contributed by atoms with Crippen LogP contribution in [0.5, 0.6) is 5.75 Å². The molecule has 138 valence electrons. The van der Waals surface area contributed by atoms with Gasteiger partial charge in [0, 0.05) is 26.7 Å². The summed E-state index contributed by atoms with van der Waals surface area (Å²) < 4.78 is 41.4. The first-order valence-electron chi connectivity index (χ1n) is 6.92. The summed E-state index contributed by atoms with van der Waals surface area (Å²) in [5.41, 5.74) is 0.0519. The molecule has 0 aromatic heterocycles. The van der Waals surface area contributed by atoms with Crippen LogP contribution in [0.1, 0.15) is 10.4 Å². The van der Waals surface area contributed by atoms with Crippen LogP contribution in [0.25, 0.3) is 0 Å². The fourth-order valence-corrected chi connectivity index (χ4v) is 2.84. The van der Waals surface area contributed by atoms with E-state index in [0.717, 1.165) is 0 Å². The molecule has 1 aromatic rings. The summed E-state index contributed by atoms with van der Waals surface area (Å²) in [4.78, 5) is 11.7. The number of halogens is 1. The lowest BCUT2D eigenvalue weighted by molar-refractivity contribution is 0.0597. The van der Waals surface area contributed by atoms with Crippen molar-refractivity contribution >= 4 is 28.4 Å². The van der Waals surface area contributed by atoms with Crippen LogP contribution >= 0.6 is 12.4 Å². The Balaban J connectivity index is 0.00000529. The fourth-order valence-electron chi connectivity index (χ4n) is 1.78. The Kier molecular flexibility index (Phi) is 10.6. The number of carbonyl (C=O) groups is 1. The van der Waals surface area contributed by atoms with Crippen LogP contribution in [0.15, 0.2) is 23.1 Å². The number of methoxy groups -OCH3 is 3. The van der Waals surface area contributed by atoms with Crippen molar-refractivity contribution in [2.24, 2.45) is 0 Å². The van der Waals surface area contributed by atoms with Gasteiger partial charge in [0.25, 0.3) is 0 Å². The Hall–Kier alpha value is -1.39. The normalized spacial score (nSPS) is 10.8. The topological polar surface area (TPSA) is 103 Å². The summed E-state index contributed by atoms with van der Waals surface area (Å²) in [6.07, 6.45) is 0. The molecule has 1 rings (SSSR count). The number of hydrogen-bond donors (Lipinski definition) is 2. The second kappa shape index (κ2) is 11.2. The van der Waals surface area contributed by atoms with Gasteiger partial charge >= 0.3 is 5.97 Å². The summed E-state index contributed by atoms with van der Waals surface area (Å²) >= 11 is 0. The highest BCUT2D eigenvalue weighted by Gasteiger charge is 2.19. The molecule has 2 N–H and O–H groups in total. The Morgan fingerprint density at radius 2 is 1.83 bits per heavy atom. The van der Waals surface area contributed by atoms with E-state index in [9.17, 15) is 13.2 Å². The number of nitrogens with one attached hydrogen (secondary N) is 2. The molecule has 0 heterocycles. The third-order valence-electron chi connectivity index (χ3n) is 2.96. The Morgan fingerprint density at radius 3 is 2.42 bits per heavy atom. The molecule has 0 aliphatic rings. The molecule has 0 aliphatic heterocycles. The smallest absolute Gasteiger partial charge is 0.341 e. The second-order valence-electron chi connectivity index (χ2n) is 4.49. The van der Waals surface area contributed by atoms with E-state index in [1.165, 1.54) is 32.4 Å². The molecular formula is C14H23ClN2O6S. The summed E-state index contributed by atoms with van der Waals surface area (Å²) in [7, 11) is 0.467. The molecular weight excluding hydrogens is 360 g/mol. The molecule has 0 amide bonds. The number of esters is 1. The van der Waals surface area contributed by atoms with E-state index in [1.807, 2.05) is 0 Å². The maximum Gasteiger partial charge on any atom is 0.341 e. The van der Waals surface area contributed by atoms with Crippen LogP contribution in [0.2, 0.25) is 0 Å². The minimum Gasteiger partial charge on any atom is -0.496 e. The standard InChI is InChI=1S/C14H22N2O6S.ClH/c1-20-9-8-15-6-7-16-23(18,19)11-4-5-13(21-2)12(10-11)14(17)22-3;/h4-5,10,15-16H,6-9H2,1-3H3;1H. The van der Waals surface area contributed by atoms with E-state index in [2.05, 4.69) is 14.8 Å². The summed E-state index contributed by atoms with van der Waals surface area (Å²) in [6, 6.07) is 4.01. The van der Waals surface area contributed by atoms with E-state index in [1.54, 1.807) is 7.11 Å². The monoisotopic (exact) mass is 382 g/mol. The van der Waals surface area contributed by atoms with Gasteiger partial charge < -0.3 is 19.5 Å². The first kappa shape index (κ1) is 22.6. The van der Waals surface area contributed by atoms with Gasteiger partial charge in [0.05, 0.1) is 25.7 Å². The van der Waals surface area contributed by atoms with E-state index in [0.29, 0.717) is 19.7 Å². The summed E-state index contributed by atoms with van der Waals surface area (Å²) in [6.45, 7) is 1.86. The van der Waals surface area contributed by atoms with Gasteiger partial charge in [-0.2, -0.15) is 0 Å². The first-order chi connectivity index (χ1) is 11.0. The van der Waals surface area contributed by atoms with Crippen LogP contribution in [-0.2, 0) is 19.5 Å². The van der Waals surface area contributed by atoms with Crippen LogP contribution in [-0.4, -0.2) is 62.0 Å². The minimum absolute atomic E-state index is 0. The summed E-state index contributed by atoms with van der Waals surface area (Å²) in [5, 5.41) is 3.02. The number of sulfonamides is 1. The third-order valence-corrected chi connectivity index (χ3v) is 4.42. The van der Waals surface area contributed by atoms with Crippen molar-refractivity contribution in [2.45, 2.75) is 4.90 Å². The van der Waals surface area contributed by atoms with Gasteiger partial charge in [-0.05, 0) is 18.2 Å². The highest BCUT2D eigenvalue weighted by molar-refractivity contribution is 7.89. The molecule has 0 spiro atoms. The Labute approximate surface area is 148 Å². The lowest BCUT2D eigenvalue weighted by Gasteiger charge is -2.11. The maximum atomic E-state index is 12.2. The fraction of sp³-hybridized carbons (Fsp3) is 0.500. The molecule has 0 unspecified atom stereocenters. The SMILES string of the molecule is COCCNCCNS(=O)(=O)c1ccc(OC)c(C(=O)OC)c1.Cl. The van der Waals surface area contributed by atoms with Gasteiger partial charge in [0.2, 0.25) is 10.0 Å². The molecule has 0 fully saturated rings. The highest BCUT2D eigenvalue weighted by atomic mass is 35.5. The molecule has 1 aromatic carbocycles. The van der Waals surface area contributed by atoms with Crippen LogP contribution < -0.4 is 14.8 Å². The quantitative estimate of drug-likeness (QED) is 0.446. The van der Waals surface area contributed by atoms with Gasteiger partial charge in [-0.1, -0.05) is 0 Å². The average Bonchev–Trinajstić information content (AvgIpc) is 2.56. The molecule has 0 radical (unpaired) electrons. The molecule has 0 atom stereocenters. The van der Waals surface area contributed by atoms with Gasteiger partial charge in [0.15, 0.2) is 0 Å². The molecule has 0 saturated heterocycles. The number of carbonyl (C=O) groups excluding carboxylic acids is 1. The first-order valence-corrected chi connectivity index (χ1v) is 8.40. The second-order valence-corrected chi connectivity index (χ2v) is 6.26. The average molecular weight is 383 g/mol. The van der Waals surface area contributed by atoms with Crippen molar-refractivity contribution in [1.29, 1.82) is 0 Å². The molecule has 0 bridgehead atoms. The molecule has 8 nitrogen and oxygen atoms in total. The number of hydrogen-bond acceptors (Lipinski definition) is 7. The maximum absolute atomic E-state index is 12.2. The molecule has 24 heavy (non-hydrogen) atoms. The molecule has 0 saturated carbocycles. The van der Waals surface area contributed by atoms with Crippen molar-refractivity contribution in [3.05, 3.63) is 23.8 Å². The van der Waals surface area contributed by atoms with Crippen molar-refractivity contribution in [1.82, 2.24) is 10.0 Å². The highest BCUT2D eigenvalue weighted by Crippen LogP contribution is 2.23. The van der Waals surface area contributed by atoms with Gasteiger partial charge in [-0.3, -0.25) is 0 Å². The lowest BCUT2D eigenvalue weighted by atomic mass is 10.2. The molecule has 0 aliphatic carbocycles. The van der Waals surface area contributed by atoms with Crippen molar-refractivity contribution in [2.75, 3.05) is 47.6 Å². The van der Waals surface area contributed by atoms with Gasteiger partial charge in [-0.25, -0.2) is 17.9 Å². The van der Waals surface area contributed by atoms with E-state index in [-0.39, 0.29) is 35.2 Å². The minimum atomic E-state index is -3.73. The number of ether oxygens (including phenoxy) is 3. The largest absolute Gasteiger partial charge is 0.496 e. The van der Waals surface area contributed by atoms with Gasteiger partial charge in [-0.15, -0.1) is 12.4 Å². The zero-order valence-corrected chi connectivity index (χ0v) is 15.5. The van der Waals surface area contributed by atoms with Crippen LogP contribution in [0.4, 0.5) is 0 Å². The van der Waals surface area contributed by atoms with Gasteiger partial charge in [0.1, 0.15) is 11.3 Å². The van der Waals surface area contributed by atoms with Crippen molar-refractivity contribution in [3.8, 4) is 5.75 Å². The van der Waals surface area contributed by atoms with Crippen LogP contribution in [0.3, 0.4) is 0 Å².